The zero-order valence-corrected chi connectivity index (χ0v) is 9.66. The second-order valence-corrected chi connectivity index (χ2v) is 3.00. The van der Waals surface area contributed by atoms with Crippen LogP contribution in [0, 0.1) is 6.08 Å². The van der Waals surface area contributed by atoms with Crippen LogP contribution in [0.15, 0.2) is 16.4 Å². The van der Waals surface area contributed by atoms with Gasteiger partial charge in [-0.1, -0.05) is 17.2 Å². The topological polar surface area (TPSA) is 0 Å². The predicted octanol–water partition coefficient (Wildman–Crippen LogP) is 4.82. The zero-order valence-electron chi connectivity index (χ0n) is 7.96. The Balaban J connectivity index is 0. The van der Waals surface area contributed by atoms with Gasteiger partial charge < -0.3 is 4.39 Å². The van der Waals surface area contributed by atoms with Crippen LogP contribution in [-0.2, 0) is 17.1 Å². The molecule has 0 aliphatic rings. The summed E-state index contributed by atoms with van der Waals surface area (Å²) < 4.78 is 119. The van der Waals surface area contributed by atoms with E-state index in [1.54, 1.807) is 0 Å². The molecule has 0 bridgehead atoms. The van der Waals surface area contributed by atoms with Crippen molar-refractivity contribution in [2.75, 3.05) is 0 Å². The molecule has 0 rings (SSSR count). The van der Waals surface area contributed by atoms with E-state index in [0.29, 0.717) is 0 Å². The quantitative estimate of drug-likeness (QED) is 0.268. The molecule has 0 nitrogen and oxygen atoms in total. The van der Waals surface area contributed by atoms with Crippen LogP contribution in [0.25, 0.3) is 0 Å². The molecular formula is C7ClCuF10. The van der Waals surface area contributed by atoms with Crippen molar-refractivity contribution in [2.24, 2.45) is 0 Å². The van der Waals surface area contributed by atoms with Crippen molar-refractivity contribution in [1.82, 2.24) is 0 Å². The fourth-order valence-corrected chi connectivity index (χ4v) is 0.721. The Labute approximate surface area is 114 Å². The van der Waals surface area contributed by atoms with Crippen LogP contribution >= 0.6 is 11.6 Å². The molecule has 0 aromatic carbocycles. The average molecular weight is 373 g/mol. The summed E-state index contributed by atoms with van der Waals surface area (Å²) in [6.45, 7) is 0. The fraction of sp³-hybridized carbons (Fsp3) is 0.429. The molecule has 0 spiro atoms. The van der Waals surface area contributed by atoms with Crippen LogP contribution in [0.4, 0.5) is 43.9 Å². The number of hydrogen-bond acceptors (Lipinski definition) is 0. The number of hydrogen-bond donors (Lipinski definition) is 0. The van der Waals surface area contributed by atoms with E-state index in [-0.39, 0.29) is 23.1 Å². The monoisotopic (exact) mass is 372 g/mol. The molecule has 0 aliphatic heterocycles. The first-order valence-electron chi connectivity index (χ1n) is 3.58. The number of allylic oxidation sites excluding steroid dienone is 4. The van der Waals surface area contributed by atoms with Gasteiger partial charge in [-0.05, 0) is 0 Å². The maximum Gasteiger partial charge on any atom is 1.00 e. The first-order valence-corrected chi connectivity index (χ1v) is 3.96. The van der Waals surface area contributed by atoms with Gasteiger partial charge >= 0.3 is 35.6 Å². The normalized spacial score (nSPS) is 15.8. The van der Waals surface area contributed by atoms with Crippen molar-refractivity contribution in [3.8, 4) is 0 Å². The molecule has 0 fully saturated rings. The maximum absolute atomic E-state index is 12.7. The van der Waals surface area contributed by atoms with E-state index in [1.165, 1.54) is 0 Å². The van der Waals surface area contributed by atoms with Gasteiger partial charge in [0, 0.05) is 5.83 Å². The SMILES string of the molecule is F/C(C(=[C-]C(F)(F)F)C(F)(F)F)=C(/Cl)C(F)(F)F.[Cu+]. The molecule has 0 radical (unpaired) electrons. The summed E-state index contributed by atoms with van der Waals surface area (Å²) in [7, 11) is 0. The van der Waals surface area contributed by atoms with Crippen LogP contribution in [0.1, 0.15) is 0 Å². The summed E-state index contributed by atoms with van der Waals surface area (Å²) in [5.41, 5.74) is -3.28. The van der Waals surface area contributed by atoms with E-state index in [1.807, 2.05) is 0 Å². The van der Waals surface area contributed by atoms with Crippen LogP contribution in [0.2, 0.25) is 0 Å². The molecule has 12 heteroatoms. The van der Waals surface area contributed by atoms with E-state index in [2.05, 4.69) is 11.6 Å². The van der Waals surface area contributed by atoms with Crippen molar-refractivity contribution in [3.05, 3.63) is 22.5 Å². The number of halogens is 11. The minimum atomic E-state index is -6.04. The molecule has 0 aromatic rings. The standard InChI is InChI=1S/C7ClF10.Cu/c8-4(7(16,17)18)3(9)2(6(13,14)15)1-5(10,11)12;/q-1;+1/b4-3+;. The summed E-state index contributed by atoms with van der Waals surface area (Å²) in [6, 6.07) is 0. The van der Waals surface area contributed by atoms with Crippen molar-refractivity contribution in [3.63, 3.8) is 0 Å². The van der Waals surface area contributed by atoms with Gasteiger partial charge in [0.2, 0.25) is 0 Å². The summed E-state index contributed by atoms with van der Waals surface area (Å²) in [5.74, 6) is -3.30. The minimum absolute atomic E-state index is 0. The molecule has 0 unspecified atom stereocenters. The van der Waals surface area contributed by atoms with Gasteiger partial charge in [-0.25, -0.2) is 0 Å². The van der Waals surface area contributed by atoms with E-state index >= 15 is 0 Å². The number of alkyl halides is 9. The second kappa shape index (κ2) is 6.36. The third-order valence-corrected chi connectivity index (χ3v) is 1.59. The molecule has 0 aliphatic carbocycles. The van der Waals surface area contributed by atoms with Gasteiger partial charge in [0.15, 0.2) is 0 Å². The van der Waals surface area contributed by atoms with Crippen molar-refractivity contribution in [1.29, 1.82) is 0 Å². The summed E-state index contributed by atoms with van der Waals surface area (Å²) in [4.78, 5) is 0. The van der Waals surface area contributed by atoms with E-state index in [9.17, 15) is 43.9 Å². The van der Waals surface area contributed by atoms with E-state index < -0.39 is 35.0 Å². The summed E-state index contributed by atoms with van der Waals surface area (Å²) >= 11 is 4.19. The Morgan fingerprint density at radius 3 is 1.37 bits per heavy atom. The fourth-order valence-electron chi connectivity index (χ4n) is 0.626. The molecule has 19 heavy (non-hydrogen) atoms. The maximum atomic E-state index is 12.7. The van der Waals surface area contributed by atoms with Gasteiger partial charge in [0.25, 0.3) is 0 Å². The van der Waals surface area contributed by atoms with E-state index in [0.717, 1.165) is 0 Å². The van der Waals surface area contributed by atoms with Gasteiger partial charge in [-0.3, -0.25) is 0 Å². The Kier molecular flexibility index (Phi) is 6.99. The zero-order chi connectivity index (χ0) is 14.9. The second-order valence-electron chi connectivity index (χ2n) is 2.62. The van der Waals surface area contributed by atoms with Crippen LogP contribution < -0.4 is 0 Å². The molecule has 0 atom stereocenters. The van der Waals surface area contributed by atoms with E-state index in [4.69, 9.17) is 0 Å². The predicted molar refractivity (Wildman–Crippen MR) is 38.9 cm³/mol. The van der Waals surface area contributed by atoms with Crippen LogP contribution in [0.5, 0.6) is 0 Å². The third kappa shape index (κ3) is 7.07. The van der Waals surface area contributed by atoms with Gasteiger partial charge in [0.1, 0.15) is 0 Å². The molecule has 116 valence electrons. The molecule has 0 saturated carbocycles. The molecule has 0 saturated heterocycles. The van der Waals surface area contributed by atoms with Crippen molar-refractivity contribution >= 4 is 11.6 Å². The van der Waals surface area contributed by atoms with Gasteiger partial charge in [-0.15, -0.1) is 0 Å². The van der Waals surface area contributed by atoms with Crippen LogP contribution in [0.3, 0.4) is 0 Å². The molecule has 0 aromatic heterocycles. The van der Waals surface area contributed by atoms with Crippen molar-refractivity contribution in [2.45, 2.75) is 18.5 Å². The Morgan fingerprint density at radius 1 is 0.789 bits per heavy atom. The molecule has 0 amide bonds. The smallest absolute Gasteiger partial charge is 0.318 e. The first-order chi connectivity index (χ1) is 7.66. The number of rotatable bonds is 1. The summed E-state index contributed by atoms with van der Waals surface area (Å²) in [5, 5.41) is -2.95. The average Bonchev–Trinajstić information content (AvgIpc) is 2.07. The molecule has 0 N–H and O–H groups in total. The third-order valence-electron chi connectivity index (χ3n) is 1.21. The van der Waals surface area contributed by atoms with Gasteiger partial charge in [0.05, 0.1) is 5.03 Å². The summed E-state index contributed by atoms with van der Waals surface area (Å²) in [6.07, 6.45) is -18.0. The Bertz CT molecular complexity index is 371. The van der Waals surface area contributed by atoms with Gasteiger partial charge in [-0.2, -0.15) is 45.6 Å². The molecular weight excluding hydrogens is 373 g/mol. The van der Waals surface area contributed by atoms with Crippen molar-refractivity contribution < 1.29 is 61.0 Å². The first kappa shape index (κ1) is 20.9. The largest absolute Gasteiger partial charge is 1.00 e. The Morgan fingerprint density at radius 2 is 1.16 bits per heavy atom. The minimum Gasteiger partial charge on any atom is -0.318 e. The molecule has 0 heterocycles. The van der Waals surface area contributed by atoms with Crippen LogP contribution in [-0.4, -0.2) is 18.5 Å². The Hall–Kier alpha value is -0.411.